The zero-order chi connectivity index (χ0) is 25.4. The number of anilines is 1. The molecule has 5 atom stereocenters. The van der Waals surface area contributed by atoms with Gasteiger partial charge in [-0.3, -0.25) is 9.67 Å². The molecule has 5 rings (SSSR count). The molecule has 0 saturated carbocycles. The van der Waals surface area contributed by atoms with Gasteiger partial charge in [-0.1, -0.05) is 30.3 Å². The van der Waals surface area contributed by atoms with Crippen molar-refractivity contribution in [1.82, 2.24) is 29.7 Å². The first-order valence-corrected chi connectivity index (χ1v) is 11.3. The molecule has 188 valence electrons. The van der Waals surface area contributed by atoms with Crippen LogP contribution in [0.15, 0.2) is 48.9 Å². The Labute approximate surface area is 208 Å². The number of benzene rings is 1. The summed E-state index contributed by atoms with van der Waals surface area (Å²) < 4.78 is 13.2. The van der Waals surface area contributed by atoms with Gasteiger partial charge in [0.05, 0.1) is 12.9 Å². The van der Waals surface area contributed by atoms with Crippen molar-refractivity contribution in [3.63, 3.8) is 0 Å². The number of aromatic nitrogens is 6. The molecular weight excluding hydrogens is 494 g/mol. The predicted molar refractivity (Wildman–Crippen MR) is 125 cm³/mol. The highest BCUT2D eigenvalue weighted by Gasteiger charge is 2.49. The molecule has 0 radical (unpaired) electrons. The van der Waals surface area contributed by atoms with E-state index in [2.05, 4.69) is 25.1 Å². The van der Waals surface area contributed by atoms with Crippen LogP contribution in [-0.2, 0) is 26.3 Å². The number of aromatic amines is 1. The molecule has 1 saturated heterocycles. The molecule has 4 heterocycles. The molecule has 1 aliphatic rings. The molecule has 1 aromatic carbocycles. The summed E-state index contributed by atoms with van der Waals surface area (Å²) in [4.78, 5) is 24.6. The number of aliphatic carboxylic acids is 1. The molecule has 13 nitrogen and oxygen atoms in total. The van der Waals surface area contributed by atoms with Gasteiger partial charge >= 0.3 is 5.97 Å². The van der Waals surface area contributed by atoms with E-state index in [1.807, 2.05) is 6.07 Å². The number of ether oxygens (including phenoxy) is 2. The van der Waals surface area contributed by atoms with Crippen LogP contribution in [0, 0.1) is 0 Å². The minimum absolute atomic E-state index is 0.0380. The molecule has 0 bridgehead atoms. The standard InChI is InChI=1S/C22H22ClN7O6/c23-21-27-17(24)14-18(28-21)30(10-25-14)19-16(32)15(31)12(36-19)9-35-22(20(33)34,13-6-7-26-29-13)8-11-4-2-1-3-5-11/h1-7,10,12,15-16,19,31-32H,8-9H2,(H,26,29)(H,33,34)(H2,24,27,28)/t12-,15-,16-,19-,22+/m1/s1. The van der Waals surface area contributed by atoms with Gasteiger partial charge in [0.1, 0.15) is 29.5 Å². The molecular formula is C22H22ClN7O6. The number of aliphatic hydroxyl groups is 2. The van der Waals surface area contributed by atoms with Gasteiger partial charge < -0.3 is 30.5 Å². The first-order valence-electron chi connectivity index (χ1n) is 10.9. The second-order valence-electron chi connectivity index (χ2n) is 8.31. The molecule has 36 heavy (non-hydrogen) atoms. The number of halogens is 1. The number of carbonyl (C=O) groups is 1. The van der Waals surface area contributed by atoms with Crippen molar-refractivity contribution in [1.29, 1.82) is 0 Å². The van der Waals surface area contributed by atoms with E-state index in [0.29, 0.717) is 5.56 Å². The lowest BCUT2D eigenvalue weighted by molar-refractivity contribution is -0.177. The third-order valence-corrected chi connectivity index (χ3v) is 6.25. The fourth-order valence-corrected chi connectivity index (χ4v) is 4.42. The van der Waals surface area contributed by atoms with Crippen molar-refractivity contribution in [2.45, 2.75) is 36.6 Å². The maximum atomic E-state index is 12.6. The second-order valence-corrected chi connectivity index (χ2v) is 8.65. The highest BCUT2D eigenvalue weighted by atomic mass is 35.5. The molecule has 0 unspecified atom stereocenters. The highest BCUT2D eigenvalue weighted by Crippen LogP contribution is 2.35. The van der Waals surface area contributed by atoms with Crippen LogP contribution in [0.2, 0.25) is 5.28 Å². The summed E-state index contributed by atoms with van der Waals surface area (Å²) >= 11 is 5.92. The van der Waals surface area contributed by atoms with Crippen LogP contribution in [0.5, 0.6) is 0 Å². The summed E-state index contributed by atoms with van der Waals surface area (Å²) in [6, 6.07) is 10.4. The zero-order valence-corrected chi connectivity index (χ0v) is 19.4. The summed E-state index contributed by atoms with van der Waals surface area (Å²) in [5, 5.41) is 38.2. The number of imidazole rings is 1. The number of aliphatic hydroxyl groups excluding tert-OH is 2. The van der Waals surface area contributed by atoms with Gasteiger partial charge in [0.2, 0.25) is 10.9 Å². The van der Waals surface area contributed by atoms with Gasteiger partial charge in [-0.05, 0) is 23.2 Å². The Morgan fingerprint density at radius 1 is 1.22 bits per heavy atom. The van der Waals surface area contributed by atoms with Crippen molar-refractivity contribution in [2.75, 3.05) is 12.3 Å². The van der Waals surface area contributed by atoms with Gasteiger partial charge in [0.25, 0.3) is 0 Å². The first kappa shape index (κ1) is 24.1. The summed E-state index contributed by atoms with van der Waals surface area (Å²) in [6.45, 7) is -0.370. The minimum Gasteiger partial charge on any atom is -0.479 e. The van der Waals surface area contributed by atoms with Crippen molar-refractivity contribution >= 4 is 34.6 Å². The van der Waals surface area contributed by atoms with E-state index in [1.54, 1.807) is 24.3 Å². The Hall–Kier alpha value is -3.62. The number of nitrogen functional groups attached to an aromatic ring is 1. The number of carboxylic acids is 1. The van der Waals surface area contributed by atoms with Crippen LogP contribution >= 0.6 is 11.6 Å². The number of nitrogens with one attached hydrogen (secondary N) is 1. The molecule has 0 aliphatic carbocycles. The first-order chi connectivity index (χ1) is 17.3. The molecule has 6 N–H and O–H groups in total. The van der Waals surface area contributed by atoms with E-state index in [0.717, 1.165) is 0 Å². The number of fused-ring (bicyclic) bond motifs is 1. The number of nitrogens with zero attached hydrogens (tertiary/aromatic N) is 5. The molecule has 4 aromatic rings. The van der Waals surface area contributed by atoms with Crippen LogP contribution < -0.4 is 5.73 Å². The number of nitrogens with two attached hydrogens (primary N) is 1. The smallest absolute Gasteiger partial charge is 0.342 e. The fourth-order valence-electron chi connectivity index (χ4n) is 4.25. The van der Waals surface area contributed by atoms with E-state index in [-0.39, 0.29) is 41.0 Å². The topological polar surface area (TPSA) is 195 Å². The maximum absolute atomic E-state index is 12.6. The van der Waals surface area contributed by atoms with Crippen LogP contribution in [0.4, 0.5) is 5.82 Å². The Morgan fingerprint density at radius 3 is 2.69 bits per heavy atom. The number of hydrogen-bond donors (Lipinski definition) is 5. The third kappa shape index (κ3) is 4.16. The lowest BCUT2D eigenvalue weighted by Gasteiger charge is -2.30. The molecule has 0 spiro atoms. The molecule has 0 amide bonds. The number of carboxylic acid groups (broad SMARTS) is 1. The summed E-state index contributed by atoms with van der Waals surface area (Å²) in [5.41, 5.74) is 5.25. The van der Waals surface area contributed by atoms with Gasteiger partial charge in [-0.25, -0.2) is 9.78 Å². The Morgan fingerprint density at radius 2 is 2.00 bits per heavy atom. The Kier molecular flexibility index (Phi) is 6.32. The Bertz CT molecular complexity index is 1370. The largest absolute Gasteiger partial charge is 0.479 e. The normalized spacial score (nSPS) is 23.6. The average molecular weight is 516 g/mol. The van der Waals surface area contributed by atoms with Crippen molar-refractivity contribution in [3.05, 3.63) is 65.5 Å². The van der Waals surface area contributed by atoms with Crippen molar-refractivity contribution in [3.8, 4) is 0 Å². The number of rotatable bonds is 8. The van der Waals surface area contributed by atoms with Crippen molar-refractivity contribution in [2.24, 2.45) is 0 Å². The lowest BCUT2D eigenvalue weighted by atomic mass is 9.90. The van der Waals surface area contributed by atoms with Crippen molar-refractivity contribution < 1.29 is 29.6 Å². The van der Waals surface area contributed by atoms with E-state index in [9.17, 15) is 20.1 Å². The average Bonchev–Trinajstić information content (AvgIpc) is 3.59. The quantitative estimate of drug-likeness (QED) is 0.207. The van der Waals surface area contributed by atoms with Crippen LogP contribution in [-0.4, -0.2) is 75.9 Å². The summed E-state index contributed by atoms with van der Waals surface area (Å²) in [7, 11) is 0. The SMILES string of the molecule is Nc1nc(Cl)nc2c1ncn2[C@@H]1O[C@H](CO[C@](Cc2ccccc2)(C(=O)O)c2cc[nH]n2)[C@@H](O)[C@H]1O. The van der Waals surface area contributed by atoms with E-state index in [1.165, 1.54) is 23.2 Å². The van der Waals surface area contributed by atoms with Crippen LogP contribution in [0.1, 0.15) is 17.5 Å². The maximum Gasteiger partial charge on any atom is 0.342 e. The zero-order valence-electron chi connectivity index (χ0n) is 18.6. The molecule has 1 aliphatic heterocycles. The van der Waals surface area contributed by atoms with E-state index in [4.69, 9.17) is 26.8 Å². The number of H-pyrrole nitrogens is 1. The van der Waals surface area contributed by atoms with Gasteiger partial charge in [0, 0.05) is 12.6 Å². The summed E-state index contributed by atoms with van der Waals surface area (Å²) in [6.07, 6.45) is -2.26. The lowest BCUT2D eigenvalue weighted by Crippen LogP contribution is -2.45. The van der Waals surface area contributed by atoms with E-state index < -0.39 is 36.1 Å². The van der Waals surface area contributed by atoms with Gasteiger partial charge in [-0.2, -0.15) is 15.1 Å². The predicted octanol–water partition coefficient (Wildman–Crippen LogP) is 0.644. The van der Waals surface area contributed by atoms with Gasteiger partial charge in [0.15, 0.2) is 17.7 Å². The molecule has 3 aromatic heterocycles. The minimum atomic E-state index is -1.88. The van der Waals surface area contributed by atoms with Gasteiger partial charge in [-0.15, -0.1) is 0 Å². The fraction of sp³-hybridized carbons (Fsp3) is 0.318. The van der Waals surface area contributed by atoms with Crippen LogP contribution in [0.3, 0.4) is 0 Å². The summed E-state index contributed by atoms with van der Waals surface area (Å²) in [5.74, 6) is -1.23. The highest BCUT2D eigenvalue weighted by molar-refractivity contribution is 6.28. The Balaban J connectivity index is 1.42. The monoisotopic (exact) mass is 515 g/mol. The molecule has 14 heteroatoms. The third-order valence-electron chi connectivity index (χ3n) is 6.08. The molecule has 1 fully saturated rings. The number of hydrogen-bond acceptors (Lipinski definition) is 10. The van der Waals surface area contributed by atoms with E-state index >= 15 is 0 Å². The second kappa shape index (κ2) is 9.44. The van der Waals surface area contributed by atoms with Crippen LogP contribution in [0.25, 0.3) is 11.2 Å².